The molecule has 0 saturated carbocycles. The molecular weight excluding hydrogens is 797 g/mol. The van der Waals surface area contributed by atoms with Crippen molar-refractivity contribution in [3.8, 4) is 0 Å². The minimum atomic E-state index is -0.680. The van der Waals surface area contributed by atoms with Gasteiger partial charge < -0.3 is 31.1 Å². The van der Waals surface area contributed by atoms with Crippen molar-refractivity contribution in [3.63, 3.8) is 0 Å². The number of benzene rings is 2. The van der Waals surface area contributed by atoms with Crippen molar-refractivity contribution in [1.29, 1.82) is 0 Å². The number of carbonyl (C=O) groups excluding carboxylic acids is 5. The average Bonchev–Trinajstić information content (AvgIpc) is 3.58. The molecule has 4 aromatic rings. The van der Waals surface area contributed by atoms with Gasteiger partial charge in [-0.05, 0) is 74.5 Å². The van der Waals surface area contributed by atoms with Crippen molar-refractivity contribution in [2.24, 2.45) is 5.73 Å². The number of anilines is 3. The lowest BCUT2D eigenvalue weighted by molar-refractivity contribution is -0.137. The maximum atomic E-state index is 13.0. The number of rotatable bonds is 13. The lowest BCUT2D eigenvalue weighted by atomic mass is 9.91. The summed E-state index contributed by atoms with van der Waals surface area (Å²) in [4.78, 5) is 90.1. The molecule has 1 atom stereocenters. The van der Waals surface area contributed by atoms with Gasteiger partial charge >= 0.3 is 0 Å². The second kappa shape index (κ2) is 18.3. The van der Waals surface area contributed by atoms with Crippen LogP contribution in [0.1, 0.15) is 77.3 Å². The summed E-state index contributed by atoms with van der Waals surface area (Å²) in [6.45, 7) is 8.20. The van der Waals surface area contributed by atoms with Crippen molar-refractivity contribution in [2.45, 2.75) is 80.0 Å². The van der Waals surface area contributed by atoms with E-state index in [1.54, 1.807) is 18.3 Å². The monoisotopic (exact) mass is 846 g/mol. The van der Waals surface area contributed by atoms with Gasteiger partial charge in [0.2, 0.25) is 23.7 Å². The van der Waals surface area contributed by atoms with E-state index < -0.39 is 11.9 Å². The molecule has 0 bridgehead atoms. The zero-order valence-corrected chi connectivity index (χ0v) is 35.0. The maximum Gasteiger partial charge on any atom is 0.255 e. The Morgan fingerprint density at radius 1 is 0.918 bits per heavy atom. The van der Waals surface area contributed by atoms with Gasteiger partial charge in [0.05, 0.1) is 18.0 Å². The Morgan fingerprint density at radius 2 is 1.70 bits per heavy atom. The first kappa shape index (κ1) is 41.7. The Bertz CT molecular complexity index is 2270. The summed E-state index contributed by atoms with van der Waals surface area (Å²) in [5, 5.41) is 9.03. The third kappa shape index (κ3) is 10.3. The molecule has 0 radical (unpaired) electrons. The Balaban J connectivity index is 0.728. The molecule has 3 fully saturated rings. The van der Waals surface area contributed by atoms with Gasteiger partial charge in [-0.3, -0.25) is 34.2 Å². The van der Waals surface area contributed by atoms with E-state index in [0.29, 0.717) is 29.9 Å². The second-order valence-electron chi connectivity index (χ2n) is 16.3. The van der Waals surface area contributed by atoms with Crippen molar-refractivity contribution in [3.05, 3.63) is 89.5 Å². The van der Waals surface area contributed by atoms with Gasteiger partial charge in [0.25, 0.3) is 11.8 Å². The number of hydrogen-bond acceptors (Lipinski definition) is 14. The number of piperidine rings is 2. The molecule has 0 aliphatic carbocycles. The average molecular weight is 847 g/mol. The summed E-state index contributed by atoms with van der Waals surface area (Å²) in [5.74, 6) is 0.0537. The third-order valence-corrected chi connectivity index (χ3v) is 12.6. The smallest absolute Gasteiger partial charge is 0.255 e. The fraction of sp³-hybridized carbons (Fsp3) is 0.419. The lowest BCUT2D eigenvalue weighted by Crippen LogP contribution is -2.52. The van der Waals surface area contributed by atoms with E-state index in [1.807, 2.05) is 36.5 Å². The van der Waals surface area contributed by atoms with Crippen molar-refractivity contribution < 1.29 is 24.0 Å². The summed E-state index contributed by atoms with van der Waals surface area (Å²) >= 11 is 1.50. The number of amides is 5. The fourth-order valence-corrected chi connectivity index (χ4v) is 8.80. The summed E-state index contributed by atoms with van der Waals surface area (Å²) in [6.07, 6.45) is 10.1. The summed E-state index contributed by atoms with van der Waals surface area (Å²) in [6, 6.07) is 12.4. The summed E-state index contributed by atoms with van der Waals surface area (Å²) in [5.41, 5.74) is 9.33. The van der Waals surface area contributed by atoms with Gasteiger partial charge in [0.15, 0.2) is 0 Å². The molecular formula is C43H50N12O5S. The molecule has 2 aromatic heterocycles. The predicted octanol–water partition coefficient (Wildman–Crippen LogP) is 2.97. The van der Waals surface area contributed by atoms with Crippen LogP contribution in [0.3, 0.4) is 0 Å². The number of fused-ring (bicyclic) bond motifs is 1. The highest BCUT2D eigenvalue weighted by atomic mass is 32.2. The Kier molecular flexibility index (Phi) is 12.5. The van der Waals surface area contributed by atoms with Crippen LogP contribution in [-0.2, 0) is 27.5 Å². The van der Waals surface area contributed by atoms with Gasteiger partial charge in [-0.25, -0.2) is 19.9 Å². The quantitative estimate of drug-likeness (QED) is 0.143. The van der Waals surface area contributed by atoms with E-state index in [4.69, 9.17) is 5.73 Å². The second-order valence-corrected chi connectivity index (χ2v) is 17.4. The molecule has 5 N–H and O–H groups in total. The molecule has 6 heterocycles. The van der Waals surface area contributed by atoms with Gasteiger partial charge in [-0.1, -0.05) is 30.0 Å². The number of nitrogens with one attached hydrogen (secondary N) is 3. The van der Waals surface area contributed by atoms with Gasteiger partial charge in [-0.2, -0.15) is 0 Å². The topological polar surface area (TPSA) is 212 Å². The van der Waals surface area contributed by atoms with E-state index >= 15 is 0 Å². The van der Waals surface area contributed by atoms with Crippen LogP contribution in [0.2, 0.25) is 0 Å². The molecule has 61 heavy (non-hydrogen) atoms. The number of imide groups is 1. The van der Waals surface area contributed by atoms with Crippen LogP contribution in [0.25, 0.3) is 0 Å². The molecule has 4 aliphatic heterocycles. The first-order valence-corrected chi connectivity index (χ1v) is 21.6. The van der Waals surface area contributed by atoms with Crippen LogP contribution in [0.15, 0.2) is 77.2 Å². The number of nitrogens with zero attached hydrogens (tertiary/aromatic N) is 8. The first-order chi connectivity index (χ1) is 29.5. The Hall–Kier alpha value is -5.98. The third-order valence-electron chi connectivity index (χ3n) is 11.7. The molecule has 318 valence electrons. The van der Waals surface area contributed by atoms with Crippen molar-refractivity contribution in [2.75, 3.05) is 60.9 Å². The van der Waals surface area contributed by atoms with Gasteiger partial charge in [0, 0.05) is 99.3 Å². The lowest BCUT2D eigenvalue weighted by Gasteiger charge is -2.37. The molecule has 5 amide bonds. The Morgan fingerprint density at radius 3 is 2.44 bits per heavy atom. The molecule has 2 aromatic carbocycles. The number of nitrogens with two attached hydrogens (primary N) is 1. The molecule has 4 aliphatic rings. The molecule has 1 unspecified atom stereocenters. The minimum Gasteiger partial charge on any atom is -0.355 e. The fourth-order valence-electron chi connectivity index (χ4n) is 8.01. The largest absolute Gasteiger partial charge is 0.355 e. The van der Waals surface area contributed by atoms with Gasteiger partial charge in [-0.15, -0.1) is 0 Å². The number of piperazine rings is 1. The minimum absolute atomic E-state index is 0.0281. The first-order valence-electron chi connectivity index (χ1n) is 20.7. The molecule has 18 heteroatoms. The van der Waals surface area contributed by atoms with Gasteiger partial charge in [0.1, 0.15) is 16.9 Å². The highest BCUT2D eigenvalue weighted by Crippen LogP contribution is 2.30. The SMILES string of the molecule is CC1(N)CCN(c2cnc(Sc3cccc(NC(=O)CCCN4CCN(c5ncc(C(=O)NCc6ccc7c(c6)CN(C6CCC(=O)NC6=O)C7=O)cn5)CC4)c3)cn2)CC1. The van der Waals surface area contributed by atoms with E-state index in [2.05, 4.69) is 57.5 Å². The molecule has 8 rings (SSSR count). The van der Waals surface area contributed by atoms with Crippen LogP contribution in [0.4, 0.5) is 17.5 Å². The van der Waals surface area contributed by atoms with Crippen LogP contribution in [-0.4, -0.2) is 117 Å². The normalized spacial score (nSPS) is 19.1. The van der Waals surface area contributed by atoms with Crippen LogP contribution < -0.4 is 31.5 Å². The van der Waals surface area contributed by atoms with E-state index in [1.165, 1.54) is 29.1 Å². The van der Waals surface area contributed by atoms with Crippen LogP contribution >= 0.6 is 11.8 Å². The number of aromatic nitrogens is 4. The van der Waals surface area contributed by atoms with E-state index in [0.717, 1.165) is 97.6 Å². The molecule has 3 saturated heterocycles. The standard InChI is InChI=1S/C43H50N12O5S/c1-43(44)11-14-53(15-12-43)35-25-46-38(26-45-35)61-32-5-2-4-31(21-32)50-36(56)6-3-13-52-16-18-54(19-17-52)42-48-23-30(24-49-42)39(58)47-22-28-7-8-33-29(20-28)27-55(41(33)60)34-9-10-37(57)51-40(34)59/h2,4-5,7-8,20-21,23-26,34H,3,6,9-19,22,27,44H2,1H3,(H,47,58)(H,50,56)(H,51,57,59). The number of hydrogen-bond donors (Lipinski definition) is 4. The number of carbonyl (C=O) groups is 5. The molecule has 0 spiro atoms. The highest BCUT2D eigenvalue weighted by molar-refractivity contribution is 7.99. The van der Waals surface area contributed by atoms with Crippen LogP contribution in [0.5, 0.6) is 0 Å². The Labute approximate surface area is 358 Å². The summed E-state index contributed by atoms with van der Waals surface area (Å²) in [7, 11) is 0. The zero-order valence-electron chi connectivity index (χ0n) is 34.1. The van der Waals surface area contributed by atoms with Crippen molar-refractivity contribution in [1.82, 2.24) is 40.4 Å². The highest BCUT2D eigenvalue weighted by Gasteiger charge is 2.39. The van der Waals surface area contributed by atoms with Crippen LogP contribution in [0, 0.1) is 0 Å². The summed E-state index contributed by atoms with van der Waals surface area (Å²) < 4.78 is 0. The maximum absolute atomic E-state index is 13.0. The zero-order chi connectivity index (χ0) is 42.5. The molecule has 17 nitrogen and oxygen atoms in total. The van der Waals surface area contributed by atoms with E-state index in [9.17, 15) is 24.0 Å². The van der Waals surface area contributed by atoms with E-state index in [-0.39, 0.29) is 48.7 Å². The van der Waals surface area contributed by atoms with Crippen molar-refractivity contribution >= 4 is 58.8 Å². The predicted molar refractivity (Wildman–Crippen MR) is 229 cm³/mol.